The summed E-state index contributed by atoms with van der Waals surface area (Å²) in [4.78, 5) is 24.9. The topological polar surface area (TPSA) is 123 Å². The largest absolute Gasteiger partial charge is 0.454 e. The summed E-state index contributed by atoms with van der Waals surface area (Å²) < 4.78 is 38.0. The van der Waals surface area contributed by atoms with E-state index in [0.29, 0.717) is 37.4 Å². The Morgan fingerprint density at radius 3 is 2.41 bits per heavy atom. The fourth-order valence-corrected chi connectivity index (χ4v) is 5.30. The van der Waals surface area contributed by atoms with Crippen LogP contribution in [0.15, 0.2) is 53.4 Å². The zero-order valence-electron chi connectivity index (χ0n) is 18.8. The first kappa shape index (κ1) is 24.0. The zero-order chi connectivity index (χ0) is 24.0. The number of fused-ring (bicyclic) bond motifs is 1. The average molecular weight is 488 g/mol. The average Bonchev–Trinajstić information content (AvgIpc) is 3.34. The van der Waals surface area contributed by atoms with Gasteiger partial charge in [0.15, 0.2) is 11.5 Å². The van der Waals surface area contributed by atoms with Crippen LogP contribution in [0.2, 0.25) is 0 Å². The molecule has 0 saturated heterocycles. The molecule has 2 aromatic rings. The van der Waals surface area contributed by atoms with E-state index in [9.17, 15) is 18.0 Å². The van der Waals surface area contributed by atoms with Gasteiger partial charge in [-0.25, -0.2) is 13.1 Å². The van der Waals surface area contributed by atoms with Crippen molar-refractivity contribution in [3.8, 4) is 11.5 Å². The van der Waals surface area contributed by atoms with Gasteiger partial charge in [-0.1, -0.05) is 24.3 Å². The lowest BCUT2D eigenvalue weighted by Crippen LogP contribution is -2.41. The molecule has 4 rings (SSSR count). The normalized spacial score (nSPS) is 19.4. The molecule has 182 valence electrons. The van der Waals surface area contributed by atoms with E-state index in [0.717, 1.165) is 18.4 Å². The molecule has 0 spiro atoms. The molecule has 10 heteroatoms. The molecule has 1 fully saturated rings. The summed E-state index contributed by atoms with van der Waals surface area (Å²) >= 11 is 0. The number of nitrogens with one attached hydrogen (secondary N) is 3. The number of carbonyl (C=O) groups is 2. The number of hydrogen-bond donors (Lipinski definition) is 3. The van der Waals surface area contributed by atoms with E-state index in [2.05, 4.69) is 15.4 Å². The summed E-state index contributed by atoms with van der Waals surface area (Å²) in [6, 6.07) is 13.8. The Morgan fingerprint density at radius 1 is 0.912 bits per heavy atom. The van der Waals surface area contributed by atoms with Crippen molar-refractivity contribution >= 4 is 21.8 Å². The van der Waals surface area contributed by atoms with E-state index in [4.69, 9.17) is 9.47 Å². The number of benzene rings is 2. The molecular formula is C24H29N3O6S. The zero-order valence-corrected chi connectivity index (χ0v) is 19.6. The van der Waals surface area contributed by atoms with Crippen molar-refractivity contribution in [1.29, 1.82) is 0 Å². The van der Waals surface area contributed by atoms with Crippen molar-refractivity contribution in [3.63, 3.8) is 0 Å². The van der Waals surface area contributed by atoms with E-state index < -0.39 is 10.0 Å². The van der Waals surface area contributed by atoms with Gasteiger partial charge in [0, 0.05) is 19.0 Å². The second kappa shape index (κ2) is 10.9. The van der Waals surface area contributed by atoms with Crippen molar-refractivity contribution in [1.82, 2.24) is 15.4 Å². The molecule has 9 nitrogen and oxygen atoms in total. The molecule has 1 heterocycles. The molecule has 34 heavy (non-hydrogen) atoms. The van der Waals surface area contributed by atoms with Crippen LogP contribution >= 0.6 is 0 Å². The van der Waals surface area contributed by atoms with Crippen molar-refractivity contribution in [2.24, 2.45) is 11.8 Å². The minimum atomic E-state index is -3.52. The Kier molecular flexibility index (Phi) is 7.69. The number of ether oxygens (including phenoxy) is 2. The molecule has 0 bridgehead atoms. The third-order valence-corrected chi connectivity index (χ3v) is 7.62. The Labute approximate surface area is 199 Å². The lowest BCUT2D eigenvalue weighted by molar-refractivity contribution is -0.129. The van der Waals surface area contributed by atoms with Crippen LogP contribution in [0.25, 0.3) is 0 Å². The highest BCUT2D eigenvalue weighted by Gasteiger charge is 2.27. The number of rotatable bonds is 9. The molecule has 0 atom stereocenters. The fourth-order valence-electron chi connectivity index (χ4n) is 4.17. The van der Waals surface area contributed by atoms with Gasteiger partial charge < -0.3 is 20.1 Å². The SMILES string of the molecule is O=C(CNC(=O)C1CCC(CNS(=O)(=O)c2ccccc2)CC1)NCc1ccc2c(c1)OCO2. The van der Waals surface area contributed by atoms with Gasteiger partial charge in [-0.3, -0.25) is 9.59 Å². The summed E-state index contributed by atoms with van der Waals surface area (Å²) in [5.74, 6) is 0.960. The van der Waals surface area contributed by atoms with Gasteiger partial charge in [-0.2, -0.15) is 0 Å². The predicted octanol–water partition coefficient (Wildman–Crippen LogP) is 1.93. The molecule has 0 radical (unpaired) electrons. The molecule has 0 aromatic heterocycles. The van der Waals surface area contributed by atoms with Crippen LogP contribution < -0.4 is 24.8 Å². The summed E-state index contributed by atoms with van der Waals surface area (Å²) in [5.41, 5.74) is 0.880. The van der Waals surface area contributed by atoms with Crippen LogP contribution in [0.1, 0.15) is 31.2 Å². The minimum Gasteiger partial charge on any atom is -0.454 e. The van der Waals surface area contributed by atoms with E-state index >= 15 is 0 Å². The highest BCUT2D eigenvalue weighted by molar-refractivity contribution is 7.89. The second-order valence-electron chi connectivity index (χ2n) is 8.56. The minimum absolute atomic E-state index is 0.0831. The van der Waals surface area contributed by atoms with Crippen molar-refractivity contribution in [3.05, 3.63) is 54.1 Å². The molecule has 2 aromatic carbocycles. The first-order chi connectivity index (χ1) is 16.4. The first-order valence-electron chi connectivity index (χ1n) is 11.4. The van der Waals surface area contributed by atoms with Crippen LogP contribution in [0.5, 0.6) is 11.5 Å². The molecule has 0 unspecified atom stereocenters. The maximum Gasteiger partial charge on any atom is 0.240 e. The van der Waals surface area contributed by atoms with Crippen LogP contribution in [0, 0.1) is 11.8 Å². The van der Waals surface area contributed by atoms with E-state index in [1.54, 1.807) is 36.4 Å². The maximum absolute atomic E-state index is 12.5. The van der Waals surface area contributed by atoms with Crippen LogP contribution in [0.3, 0.4) is 0 Å². The van der Waals surface area contributed by atoms with E-state index in [1.807, 2.05) is 12.1 Å². The van der Waals surface area contributed by atoms with Gasteiger partial charge in [-0.15, -0.1) is 0 Å². The van der Waals surface area contributed by atoms with E-state index in [-0.39, 0.29) is 41.9 Å². The molecular weight excluding hydrogens is 458 g/mol. The Morgan fingerprint density at radius 2 is 1.65 bits per heavy atom. The molecule has 1 aliphatic heterocycles. The Bertz CT molecular complexity index is 1110. The molecule has 1 aliphatic carbocycles. The van der Waals surface area contributed by atoms with Gasteiger partial charge in [0.05, 0.1) is 11.4 Å². The van der Waals surface area contributed by atoms with Gasteiger partial charge in [-0.05, 0) is 61.4 Å². The monoisotopic (exact) mass is 487 g/mol. The highest BCUT2D eigenvalue weighted by Crippen LogP contribution is 2.32. The highest BCUT2D eigenvalue weighted by atomic mass is 32.2. The quantitative estimate of drug-likeness (QED) is 0.497. The van der Waals surface area contributed by atoms with Gasteiger partial charge in [0.25, 0.3) is 0 Å². The van der Waals surface area contributed by atoms with Gasteiger partial charge >= 0.3 is 0 Å². The van der Waals surface area contributed by atoms with Crippen molar-refractivity contribution in [2.75, 3.05) is 19.9 Å². The number of amides is 2. The molecule has 2 aliphatic rings. The smallest absolute Gasteiger partial charge is 0.240 e. The fraction of sp³-hybridized carbons (Fsp3) is 0.417. The Hall–Kier alpha value is -3.11. The molecule has 1 saturated carbocycles. The van der Waals surface area contributed by atoms with Crippen LogP contribution in [-0.2, 0) is 26.2 Å². The summed E-state index contributed by atoms with van der Waals surface area (Å²) in [5, 5.41) is 5.50. The Balaban J connectivity index is 1.14. The summed E-state index contributed by atoms with van der Waals surface area (Å²) in [6.45, 7) is 0.797. The van der Waals surface area contributed by atoms with Gasteiger partial charge in [0.1, 0.15) is 0 Å². The van der Waals surface area contributed by atoms with Crippen LogP contribution in [0.4, 0.5) is 0 Å². The summed E-state index contributed by atoms with van der Waals surface area (Å²) in [6.07, 6.45) is 2.85. The first-order valence-corrected chi connectivity index (χ1v) is 12.9. The maximum atomic E-state index is 12.5. The number of sulfonamides is 1. The second-order valence-corrected chi connectivity index (χ2v) is 10.3. The number of carbonyl (C=O) groups excluding carboxylic acids is 2. The standard InChI is InChI=1S/C24H29N3O6S/c28-23(25-13-18-8-11-21-22(12-18)33-16-32-21)15-26-24(29)19-9-6-17(7-10-19)14-27-34(30,31)20-4-2-1-3-5-20/h1-5,8,11-12,17,19,27H,6-7,9-10,13-16H2,(H,25,28)(H,26,29). The molecule has 2 amide bonds. The van der Waals surface area contributed by atoms with Crippen molar-refractivity contribution in [2.45, 2.75) is 37.1 Å². The lowest BCUT2D eigenvalue weighted by Gasteiger charge is -2.27. The third-order valence-electron chi connectivity index (χ3n) is 6.18. The third kappa shape index (κ3) is 6.27. The lowest BCUT2D eigenvalue weighted by atomic mass is 9.81. The summed E-state index contributed by atoms with van der Waals surface area (Å²) in [7, 11) is -3.52. The van der Waals surface area contributed by atoms with Gasteiger partial charge in [0.2, 0.25) is 28.6 Å². The van der Waals surface area contributed by atoms with Crippen molar-refractivity contribution < 1.29 is 27.5 Å². The molecule has 3 N–H and O–H groups in total. The predicted molar refractivity (Wildman–Crippen MR) is 124 cm³/mol. The number of hydrogen-bond acceptors (Lipinski definition) is 6. The van der Waals surface area contributed by atoms with E-state index in [1.165, 1.54) is 0 Å². The van der Waals surface area contributed by atoms with Crippen LogP contribution in [-0.4, -0.2) is 40.1 Å².